The maximum absolute atomic E-state index is 13.1. The number of rotatable bonds is 9. The van der Waals surface area contributed by atoms with Crippen molar-refractivity contribution >= 4 is 34.3 Å². The first-order valence-corrected chi connectivity index (χ1v) is 10.9. The van der Waals surface area contributed by atoms with E-state index in [4.69, 9.17) is 25.8 Å². The van der Waals surface area contributed by atoms with Gasteiger partial charge in [0, 0.05) is 30.7 Å². The number of hydrogen-bond acceptors (Lipinski definition) is 7. The van der Waals surface area contributed by atoms with Crippen molar-refractivity contribution in [2.75, 3.05) is 13.2 Å². The molecule has 156 valence electrons. The van der Waals surface area contributed by atoms with Crippen LogP contribution < -0.4 is 5.56 Å². The second-order valence-corrected chi connectivity index (χ2v) is 8.71. The lowest BCUT2D eigenvalue weighted by Crippen LogP contribution is -2.24. The van der Waals surface area contributed by atoms with Crippen LogP contribution in [0.4, 0.5) is 0 Å². The Morgan fingerprint density at radius 2 is 2.07 bits per heavy atom. The van der Waals surface area contributed by atoms with Gasteiger partial charge in [-0.2, -0.15) is 4.98 Å². The van der Waals surface area contributed by atoms with Gasteiger partial charge in [-0.15, -0.1) is 0 Å². The Balaban J connectivity index is 1.95. The van der Waals surface area contributed by atoms with Crippen LogP contribution in [0.5, 0.6) is 0 Å². The van der Waals surface area contributed by atoms with Gasteiger partial charge < -0.3 is 9.26 Å². The molecule has 1 unspecified atom stereocenters. The first-order valence-electron chi connectivity index (χ1n) is 9.68. The number of fused-ring (bicyclic) bond motifs is 1. The fourth-order valence-electron chi connectivity index (χ4n) is 2.79. The third kappa shape index (κ3) is 5.18. The van der Waals surface area contributed by atoms with E-state index in [9.17, 15) is 4.79 Å². The lowest BCUT2D eigenvalue weighted by atomic mass is 10.2. The normalized spacial score (nSPS) is 12.8. The van der Waals surface area contributed by atoms with Crippen molar-refractivity contribution in [3.8, 4) is 0 Å². The molecule has 0 N–H and O–H groups in total. The predicted octanol–water partition coefficient (Wildman–Crippen LogP) is 4.84. The molecule has 0 spiro atoms. The van der Waals surface area contributed by atoms with E-state index in [2.05, 4.69) is 10.1 Å². The first-order chi connectivity index (χ1) is 13.9. The molecule has 0 amide bonds. The fourth-order valence-corrected chi connectivity index (χ4v) is 3.92. The highest BCUT2D eigenvalue weighted by Gasteiger charge is 2.21. The number of thioether (sulfide) groups is 1. The lowest BCUT2D eigenvalue weighted by molar-refractivity contribution is 0.140. The van der Waals surface area contributed by atoms with Gasteiger partial charge in [-0.3, -0.25) is 9.36 Å². The molecule has 0 fully saturated rings. The van der Waals surface area contributed by atoms with Crippen LogP contribution in [-0.2, 0) is 11.3 Å². The highest BCUT2D eigenvalue weighted by molar-refractivity contribution is 7.99. The van der Waals surface area contributed by atoms with Crippen LogP contribution in [0.1, 0.15) is 57.0 Å². The van der Waals surface area contributed by atoms with E-state index >= 15 is 0 Å². The van der Waals surface area contributed by atoms with Gasteiger partial charge in [-0.05, 0) is 38.5 Å². The maximum atomic E-state index is 13.1. The van der Waals surface area contributed by atoms with E-state index < -0.39 is 0 Å². The minimum Gasteiger partial charge on any atom is -0.382 e. The van der Waals surface area contributed by atoms with E-state index in [0.717, 1.165) is 0 Å². The number of nitrogens with zero attached hydrogens (tertiary/aromatic N) is 4. The number of ether oxygens (including phenoxy) is 1. The zero-order valence-electron chi connectivity index (χ0n) is 17.0. The van der Waals surface area contributed by atoms with Gasteiger partial charge in [0.1, 0.15) is 0 Å². The molecule has 0 saturated heterocycles. The van der Waals surface area contributed by atoms with E-state index in [1.807, 2.05) is 27.7 Å². The van der Waals surface area contributed by atoms with Gasteiger partial charge in [0.2, 0.25) is 5.89 Å². The van der Waals surface area contributed by atoms with Crippen LogP contribution in [0.2, 0.25) is 5.02 Å². The number of halogens is 1. The molecular weight excluding hydrogens is 412 g/mol. The second kappa shape index (κ2) is 9.73. The zero-order valence-corrected chi connectivity index (χ0v) is 18.6. The number of hydrogen-bond donors (Lipinski definition) is 0. The van der Waals surface area contributed by atoms with Crippen molar-refractivity contribution in [2.24, 2.45) is 0 Å². The minimum atomic E-state index is -0.156. The van der Waals surface area contributed by atoms with E-state index in [0.29, 0.717) is 59.0 Å². The van der Waals surface area contributed by atoms with E-state index in [1.54, 1.807) is 22.8 Å². The SMILES string of the molecule is CCOCCCn1c(SC(C)c2nc(C(C)C)no2)nc2cc(Cl)ccc2c1=O. The molecule has 9 heteroatoms. The monoisotopic (exact) mass is 436 g/mol. The predicted molar refractivity (Wildman–Crippen MR) is 115 cm³/mol. The second-order valence-electron chi connectivity index (χ2n) is 6.97. The van der Waals surface area contributed by atoms with Gasteiger partial charge in [0.15, 0.2) is 11.0 Å². The molecule has 1 aromatic carbocycles. The van der Waals surface area contributed by atoms with Crippen LogP contribution in [0, 0.1) is 0 Å². The molecule has 0 aliphatic rings. The highest BCUT2D eigenvalue weighted by atomic mass is 35.5. The van der Waals surface area contributed by atoms with Gasteiger partial charge in [0.05, 0.1) is 16.2 Å². The topological polar surface area (TPSA) is 83.0 Å². The molecule has 7 nitrogen and oxygen atoms in total. The van der Waals surface area contributed by atoms with Gasteiger partial charge >= 0.3 is 0 Å². The van der Waals surface area contributed by atoms with Crippen LogP contribution in [-0.4, -0.2) is 32.9 Å². The van der Waals surface area contributed by atoms with Crippen molar-refractivity contribution in [3.63, 3.8) is 0 Å². The molecule has 29 heavy (non-hydrogen) atoms. The molecule has 3 rings (SSSR count). The Bertz CT molecular complexity index is 1030. The van der Waals surface area contributed by atoms with E-state index in [1.165, 1.54) is 11.8 Å². The largest absolute Gasteiger partial charge is 0.382 e. The summed E-state index contributed by atoms with van der Waals surface area (Å²) in [6.07, 6.45) is 0.717. The summed E-state index contributed by atoms with van der Waals surface area (Å²) in [6.45, 7) is 9.68. The van der Waals surface area contributed by atoms with Crippen molar-refractivity contribution in [1.29, 1.82) is 0 Å². The Kier molecular flexibility index (Phi) is 7.32. The summed E-state index contributed by atoms with van der Waals surface area (Å²) in [5.41, 5.74) is 0.484. The Morgan fingerprint density at radius 1 is 1.28 bits per heavy atom. The summed E-state index contributed by atoms with van der Waals surface area (Å²) in [5.74, 6) is 1.36. The van der Waals surface area contributed by atoms with Crippen molar-refractivity contribution in [3.05, 3.63) is 45.3 Å². The fraction of sp³-hybridized carbons (Fsp3) is 0.500. The average Bonchev–Trinajstić information content (AvgIpc) is 3.17. The molecule has 2 heterocycles. The third-order valence-corrected chi connectivity index (χ3v) is 5.67. The molecule has 0 aliphatic heterocycles. The summed E-state index contributed by atoms with van der Waals surface area (Å²) in [4.78, 5) is 22.3. The van der Waals surface area contributed by atoms with Crippen molar-refractivity contribution in [2.45, 2.75) is 57.0 Å². The van der Waals surface area contributed by atoms with Crippen LogP contribution in [0.3, 0.4) is 0 Å². The Morgan fingerprint density at radius 3 is 2.76 bits per heavy atom. The molecule has 1 atom stereocenters. The average molecular weight is 437 g/mol. The molecule has 0 bridgehead atoms. The van der Waals surface area contributed by atoms with Crippen LogP contribution in [0.25, 0.3) is 10.9 Å². The van der Waals surface area contributed by atoms with Crippen LogP contribution >= 0.6 is 23.4 Å². The smallest absolute Gasteiger partial charge is 0.262 e. The molecule has 3 aromatic rings. The maximum Gasteiger partial charge on any atom is 0.262 e. The molecule has 0 radical (unpaired) electrons. The summed E-state index contributed by atoms with van der Waals surface area (Å²) >= 11 is 7.53. The summed E-state index contributed by atoms with van der Waals surface area (Å²) in [5, 5.41) is 5.55. The highest BCUT2D eigenvalue weighted by Crippen LogP contribution is 2.33. The third-order valence-electron chi connectivity index (χ3n) is 4.36. The van der Waals surface area contributed by atoms with Crippen LogP contribution in [0.15, 0.2) is 32.7 Å². The first kappa shape index (κ1) is 21.8. The van der Waals surface area contributed by atoms with E-state index in [-0.39, 0.29) is 16.7 Å². The summed E-state index contributed by atoms with van der Waals surface area (Å²) in [6, 6.07) is 5.14. The van der Waals surface area contributed by atoms with Gasteiger partial charge in [-0.25, -0.2) is 4.98 Å². The minimum absolute atomic E-state index is 0.0914. The lowest BCUT2D eigenvalue weighted by Gasteiger charge is -2.15. The Labute approximate surface area is 178 Å². The number of benzene rings is 1. The standard InChI is InChI=1S/C20H25ClN4O3S/c1-5-27-10-6-9-25-19(26)15-8-7-14(21)11-16(15)22-20(25)29-13(4)18-23-17(12(2)3)24-28-18/h7-8,11-13H,5-6,9-10H2,1-4H3. The van der Waals surface area contributed by atoms with Gasteiger partial charge in [0.25, 0.3) is 5.56 Å². The summed E-state index contributed by atoms with van der Waals surface area (Å²) < 4.78 is 12.5. The molecule has 2 aromatic heterocycles. The van der Waals surface area contributed by atoms with Gasteiger partial charge in [-0.1, -0.05) is 42.4 Å². The quantitative estimate of drug-likeness (QED) is 0.269. The summed E-state index contributed by atoms with van der Waals surface area (Å²) in [7, 11) is 0. The van der Waals surface area contributed by atoms with Crippen molar-refractivity contribution < 1.29 is 9.26 Å². The molecular formula is C20H25ClN4O3S. The zero-order chi connectivity index (χ0) is 21.0. The Hall–Kier alpha value is -1.90. The molecule has 0 aliphatic carbocycles. The number of aromatic nitrogens is 4. The molecule has 0 saturated carbocycles. The van der Waals surface area contributed by atoms with Crippen molar-refractivity contribution in [1.82, 2.24) is 19.7 Å².